The summed E-state index contributed by atoms with van der Waals surface area (Å²) in [4.78, 5) is 14.5. The van der Waals surface area contributed by atoms with Crippen LogP contribution in [0.4, 0.5) is 0 Å². The van der Waals surface area contributed by atoms with E-state index in [9.17, 15) is 4.79 Å². The Morgan fingerprint density at radius 2 is 2.25 bits per heavy atom. The third kappa shape index (κ3) is 2.14. The summed E-state index contributed by atoms with van der Waals surface area (Å²) in [6, 6.07) is 5.74. The maximum Gasteiger partial charge on any atom is 0.290 e. The number of rotatable bonds is 2. The van der Waals surface area contributed by atoms with E-state index in [1.807, 2.05) is 47.8 Å². The molecule has 0 spiro atoms. The smallest absolute Gasteiger partial charge is 0.290 e. The average molecular weight is 274 g/mol. The second-order valence-electron chi connectivity index (χ2n) is 5.07. The van der Waals surface area contributed by atoms with Crippen molar-refractivity contribution in [2.45, 2.75) is 13.0 Å². The number of nitrogens with zero attached hydrogens (tertiary/aromatic N) is 2. The van der Waals surface area contributed by atoms with Crippen molar-refractivity contribution in [2.75, 3.05) is 19.8 Å². The van der Waals surface area contributed by atoms with E-state index in [4.69, 9.17) is 9.15 Å². The molecule has 5 heteroatoms. The highest BCUT2D eigenvalue weighted by Gasteiger charge is 2.32. The Morgan fingerprint density at radius 1 is 1.40 bits per heavy atom. The minimum atomic E-state index is -0.0688. The van der Waals surface area contributed by atoms with Gasteiger partial charge in [-0.15, -0.1) is 0 Å². The summed E-state index contributed by atoms with van der Waals surface area (Å²) in [5.74, 6) is 0.355. The molecule has 106 valence electrons. The molecule has 3 rings (SSSR count). The first-order valence-electron chi connectivity index (χ1n) is 6.72. The number of aromatic nitrogens is 1. The molecule has 5 nitrogen and oxygen atoms in total. The Kier molecular flexibility index (Phi) is 3.36. The maximum atomic E-state index is 12.7. The van der Waals surface area contributed by atoms with Gasteiger partial charge in [0.05, 0.1) is 25.5 Å². The summed E-state index contributed by atoms with van der Waals surface area (Å²) in [6.07, 6.45) is 3.53. The van der Waals surface area contributed by atoms with Crippen molar-refractivity contribution in [1.29, 1.82) is 0 Å². The number of furan rings is 1. The molecule has 0 bridgehead atoms. The van der Waals surface area contributed by atoms with Crippen LogP contribution in [0.15, 0.2) is 35.1 Å². The summed E-state index contributed by atoms with van der Waals surface area (Å²) >= 11 is 0. The van der Waals surface area contributed by atoms with E-state index in [1.165, 1.54) is 0 Å². The lowest BCUT2D eigenvalue weighted by molar-refractivity contribution is -0.00622. The first kappa shape index (κ1) is 13.0. The van der Waals surface area contributed by atoms with Gasteiger partial charge in [-0.2, -0.15) is 0 Å². The van der Waals surface area contributed by atoms with E-state index in [-0.39, 0.29) is 11.9 Å². The summed E-state index contributed by atoms with van der Waals surface area (Å²) in [5, 5.41) is 0. The van der Waals surface area contributed by atoms with Gasteiger partial charge in [0.1, 0.15) is 0 Å². The summed E-state index contributed by atoms with van der Waals surface area (Å²) in [7, 11) is 1.98. The van der Waals surface area contributed by atoms with E-state index < -0.39 is 0 Å². The number of hydrogen-bond donors (Lipinski definition) is 0. The summed E-state index contributed by atoms with van der Waals surface area (Å²) in [6.45, 7) is 3.54. The molecule has 20 heavy (non-hydrogen) atoms. The van der Waals surface area contributed by atoms with Crippen molar-refractivity contribution in [3.63, 3.8) is 0 Å². The summed E-state index contributed by atoms with van der Waals surface area (Å²) in [5.41, 5.74) is 1.94. The van der Waals surface area contributed by atoms with Crippen LogP contribution < -0.4 is 0 Å². The Morgan fingerprint density at radius 3 is 2.90 bits per heavy atom. The van der Waals surface area contributed by atoms with Gasteiger partial charge in [-0.3, -0.25) is 4.79 Å². The van der Waals surface area contributed by atoms with Gasteiger partial charge >= 0.3 is 0 Å². The molecule has 1 amide bonds. The minimum Gasteiger partial charge on any atom is -0.459 e. The van der Waals surface area contributed by atoms with E-state index >= 15 is 0 Å². The van der Waals surface area contributed by atoms with Crippen LogP contribution in [0.2, 0.25) is 0 Å². The highest BCUT2D eigenvalue weighted by molar-refractivity contribution is 5.93. The van der Waals surface area contributed by atoms with Gasteiger partial charge in [-0.25, -0.2) is 0 Å². The lowest BCUT2D eigenvalue weighted by Crippen LogP contribution is -2.44. The van der Waals surface area contributed by atoms with E-state index in [2.05, 4.69) is 0 Å². The predicted octanol–water partition coefficient (Wildman–Crippen LogP) is 2.14. The molecule has 2 aromatic rings. The van der Waals surface area contributed by atoms with Crippen molar-refractivity contribution in [2.24, 2.45) is 7.05 Å². The van der Waals surface area contributed by atoms with Crippen LogP contribution in [0.1, 0.15) is 27.9 Å². The second kappa shape index (κ2) is 5.17. The molecule has 1 atom stereocenters. The van der Waals surface area contributed by atoms with Crippen LogP contribution in [0.5, 0.6) is 0 Å². The van der Waals surface area contributed by atoms with Crippen molar-refractivity contribution in [3.8, 4) is 0 Å². The number of amides is 1. The number of hydrogen-bond acceptors (Lipinski definition) is 3. The van der Waals surface area contributed by atoms with Crippen LogP contribution >= 0.6 is 0 Å². The zero-order valence-corrected chi connectivity index (χ0v) is 11.7. The Hall–Kier alpha value is -2.01. The van der Waals surface area contributed by atoms with Gasteiger partial charge in [0.25, 0.3) is 5.91 Å². The van der Waals surface area contributed by atoms with Gasteiger partial charge in [0, 0.05) is 31.0 Å². The number of carbonyl (C=O) groups is 1. The molecule has 1 aliphatic rings. The molecule has 0 N–H and O–H groups in total. The molecule has 1 aliphatic heterocycles. The Balaban J connectivity index is 1.92. The largest absolute Gasteiger partial charge is 0.459 e. The number of ether oxygens (including phenoxy) is 1. The second-order valence-corrected chi connectivity index (χ2v) is 5.07. The molecule has 2 aromatic heterocycles. The average Bonchev–Trinajstić information content (AvgIpc) is 3.06. The molecule has 0 aromatic carbocycles. The Labute approximate surface area is 117 Å². The minimum absolute atomic E-state index is 0.0676. The molecule has 3 heterocycles. The molecule has 0 aliphatic carbocycles. The quantitative estimate of drug-likeness (QED) is 0.843. The predicted molar refractivity (Wildman–Crippen MR) is 73.5 cm³/mol. The molecule has 1 fully saturated rings. The van der Waals surface area contributed by atoms with Crippen LogP contribution in [-0.4, -0.2) is 35.1 Å². The Bertz CT molecular complexity index is 614. The van der Waals surface area contributed by atoms with Crippen molar-refractivity contribution >= 4 is 5.91 Å². The molecule has 0 unspecified atom stereocenters. The highest BCUT2D eigenvalue weighted by atomic mass is 16.5. The lowest BCUT2D eigenvalue weighted by Gasteiger charge is -2.35. The van der Waals surface area contributed by atoms with E-state index in [0.29, 0.717) is 25.5 Å². The fourth-order valence-electron chi connectivity index (χ4n) is 2.63. The van der Waals surface area contributed by atoms with E-state index in [1.54, 1.807) is 6.26 Å². The van der Waals surface area contributed by atoms with Crippen LogP contribution in [-0.2, 0) is 11.8 Å². The molecular weight excluding hydrogens is 256 g/mol. The topological polar surface area (TPSA) is 47.6 Å². The summed E-state index contributed by atoms with van der Waals surface area (Å²) < 4.78 is 12.9. The number of carbonyl (C=O) groups excluding carboxylic acids is 1. The molecule has 0 radical (unpaired) electrons. The number of aryl methyl sites for hydroxylation is 2. The normalized spacial score (nSPS) is 19.3. The standard InChI is InChI=1S/C15H18N2O3/c1-11-5-8-20-14(11)15(18)17-7-9-19-10-13(17)12-4-3-6-16(12)2/h3-6,8,13H,7,9-10H2,1-2H3/t13-/m0/s1. The zero-order valence-electron chi connectivity index (χ0n) is 11.7. The van der Waals surface area contributed by atoms with Gasteiger partial charge < -0.3 is 18.6 Å². The van der Waals surface area contributed by atoms with Gasteiger partial charge in [0.15, 0.2) is 5.76 Å². The fourth-order valence-corrected chi connectivity index (χ4v) is 2.63. The molecule has 1 saturated heterocycles. The monoisotopic (exact) mass is 274 g/mol. The van der Waals surface area contributed by atoms with Crippen molar-refractivity contribution < 1.29 is 13.9 Å². The van der Waals surface area contributed by atoms with Crippen LogP contribution in [0, 0.1) is 6.92 Å². The van der Waals surface area contributed by atoms with Crippen molar-refractivity contribution in [1.82, 2.24) is 9.47 Å². The first-order valence-corrected chi connectivity index (χ1v) is 6.72. The van der Waals surface area contributed by atoms with Crippen molar-refractivity contribution in [3.05, 3.63) is 47.7 Å². The maximum absolute atomic E-state index is 12.7. The third-order valence-electron chi connectivity index (χ3n) is 3.77. The lowest BCUT2D eigenvalue weighted by atomic mass is 10.1. The highest BCUT2D eigenvalue weighted by Crippen LogP contribution is 2.27. The van der Waals surface area contributed by atoms with Gasteiger partial charge in [0.2, 0.25) is 0 Å². The fraction of sp³-hybridized carbons (Fsp3) is 0.400. The molecule has 0 saturated carbocycles. The number of morpholine rings is 1. The van der Waals surface area contributed by atoms with Gasteiger partial charge in [-0.1, -0.05) is 0 Å². The third-order valence-corrected chi connectivity index (χ3v) is 3.77. The SMILES string of the molecule is Cc1ccoc1C(=O)N1CCOC[C@H]1c1cccn1C. The zero-order chi connectivity index (χ0) is 14.1. The van der Waals surface area contributed by atoms with Gasteiger partial charge in [-0.05, 0) is 25.1 Å². The first-order chi connectivity index (χ1) is 9.68. The van der Waals surface area contributed by atoms with E-state index in [0.717, 1.165) is 11.3 Å². The van der Waals surface area contributed by atoms with Crippen LogP contribution in [0.25, 0.3) is 0 Å². The van der Waals surface area contributed by atoms with Crippen LogP contribution in [0.3, 0.4) is 0 Å². The molecular formula is C15H18N2O3.